The second-order valence-electron chi connectivity index (χ2n) is 10.5. The number of nitrogens with two attached hydrogens (primary N) is 1. The monoisotopic (exact) mass is 556 g/mol. The maximum atomic E-state index is 14.3. The number of aromatic nitrogens is 3. The molecule has 2 saturated heterocycles. The molecule has 2 unspecified atom stereocenters. The predicted octanol–water partition coefficient (Wildman–Crippen LogP) is 4.26. The van der Waals surface area contributed by atoms with Crippen molar-refractivity contribution in [2.45, 2.75) is 63.9 Å². The number of anilines is 1. The Morgan fingerprint density at radius 3 is 2.65 bits per heavy atom. The molecule has 0 radical (unpaired) electrons. The smallest absolute Gasteiger partial charge is 0.410 e. The molecule has 3 aromatic rings. The average Bonchev–Trinajstić information content (AvgIpc) is 3.42. The summed E-state index contributed by atoms with van der Waals surface area (Å²) >= 11 is 0. The first-order valence-electron chi connectivity index (χ1n) is 13.6. The molecule has 2 atom stereocenters. The molecule has 0 spiro atoms. The van der Waals surface area contributed by atoms with E-state index in [0.29, 0.717) is 68.3 Å². The first-order chi connectivity index (χ1) is 19.3. The number of rotatable bonds is 7. The Bertz CT molecular complexity index is 1300. The van der Waals surface area contributed by atoms with E-state index < -0.39 is 11.6 Å². The van der Waals surface area contributed by atoms with Crippen molar-refractivity contribution in [2.24, 2.45) is 5.73 Å². The number of likely N-dealkylation sites (tertiary alicyclic amines) is 1. The highest BCUT2D eigenvalue weighted by atomic mass is 19.1. The molecular weight excluding hydrogens is 522 g/mol. The van der Waals surface area contributed by atoms with E-state index >= 15 is 0 Å². The third-order valence-corrected chi connectivity index (χ3v) is 7.29. The van der Waals surface area contributed by atoms with Crippen LogP contribution in [-0.4, -0.2) is 70.5 Å². The first-order valence-corrected chi connectivity index (χ1v) is 13.6. The number of carbonyl (C=O) groups is 1. The second kappa shape index (κ2) is 12.3. The lowest BCUT2D eigenvalue weighted by molar-refractivity contribution is -0.0147. The van der Waals surface area contributed by atoms with Gasteiger partial charge in [0.05, 0.1) is 12.2 Å². The molecule has 2 N–H and O–H groups in total. The van der Waals surface area contributed by atoms with Crippen LogP contribution in [0.4, 0.5) is 19.4 Å². The van der Waals surface area contributed by atoms with Gasteiger partial charge in [-0.05, 0) is 69.0 Å². The molecule has 5 rings (SSSR count). The van der Waals surface area contributed by atoms with Gasteiger partial charge in [0.1, 0.15) is 24.1 Å². The van der Waals surface area contributed by atoms with Crippen LogP contribution < -0.4 is 10.6 Å². The summed E-state index contributed by atoms with van der Waals surface area (Å²) in [5, 5.41) is 4.05. The molecule has 2 aromatic heterocycles. The Labute approximate surface area is 231 Å². The molecular formula is C28H34F2N6O4. The molecule has 0 aliphatic carbocycles. The molecule has 1 aromatic carbocycles. The minimum atomic E-state index is -0.467. The zero-order chi connectivity index (χ0) is 28.2. The maximum absolute atomic E-state index is 14.3. The van der Waals surface area contributed by atoms with Crippen LogP contribution in [0, 0.1) is 11.6 Å². The minimum absolute atomic E-state index is 0.00711. The van der Waals surface area contributed by atoms with Crippen LogP contribution in [0.3, 0.4) is 0 Å². The van der Waals surface area contributed by atoms with Gasteiger partial charge in [0.2, 0.25) is 5.82 Å². The third kappa shape index (κ3) is 6.56. The van der Waals surface area contributed by atoms with Crippen molar-refractivity contribution in [3.05, 3.63) is 59.6 Å². The lowest BCUT2D eigenvalue weighted by Gasteiger charge is -2.37. The second-order valence-corrected chi connectivity index (χ2v) is 10.5. The van der Waals surface area contributed by atoms with Crippen LogP contribution >= 0.6 is 0 Å². The highest BCUT2D eigenvalue weighted by molar-refractivity contribution is 5.67. The number of pyridine rings is 1. The Hall–Kier alpha value is -3.64. The van der Waals surface area contributed by atoms with E-state index in [1.807, 2.05) is 30.9 Å². The van der Waals surface area contributed by atoms with Crippen molar-refractivity contribution in [3.8, 4) is 11.4 Å². The van der Waals surface area contributed by atoms with E-state index in [9.17, 15) is 13.6 Å². The van der Waals surface area contributed by atoms with Crippen LogP contribution in [0.25, 0.3) is 11.4 Å². The van der Waals surface area contributed by atoms with Gasteiger partial charge in [-0.2, -0.15) is 4.98 Å². The largest absolute Gasteiger partial charge is 0.447 e. The van der Waals surface area contributed by atoms with Crippen LogP contribution in [0.15, 0.2) is 41.1 Å². The average molecular weight is 557 g/mol. The number of nitrogens with zero attached hydrogens (tertiary/aromatic N) is 5. The van der Waals surface area contributed by atoms with Gasteiger partial charge in [-0.3, -0.25) is 0 Å². The number of halogens is 2. The molecule has 1 amide bonds. The zero-order valence-electron chi connectivity index (χ0n) is 22.6. The normalized spacial score (nSPS) is 20.2. The molecule has 2 aliphatic heterocycles. The number of hydrogen-bond acceptors (Lipinski definition) is 9. The van der Waals surface area contributed by atoms with Gasteiger partial charge in [0.25, 0.3) is 5.89 Å². The van der Waals surface area contributed by atoms with Gasteiger partial charge in [0.15, 0.2) is 0 Å². The lowest BCUT2D eigenvalue weighted by atomic mass is 9.85. The van der Waals surface area contributed by atoms with E-state index in [-0.39, 0.29) is 36.9 Å². The number of hydrogen-bond donors (Lipinski definition) is 1. The topological polar surface area (TPSA) is 120 Å². The molecule has 10 nitrogen and oxygen atoms in total. The van der Waals surface area contributed by atoms with E-state index in [4.69, 9.17) is 19.7 Å². The zero-order valence-corrected chi connectivity index (χ0v) is 22.6. The van der Waals surface area contributed by atoms with Crippen molar-refractivity contribution in [1.29, 1.82) is 0 Å². The maximum Gasteiger partial charge on any atom is 0.410 e. The van der Waals surface area contributed by atoms with Crippen LogP contribution in [-0.2, 0) is 16.1 Å². The summed E-state index contributed by atoms with van der Waals surface area (Å²) in [6.07, 6.45) is 3.22. The van der Waals surface area contributed by atoms with Crippen molar-refractivity contribution in [1.82, 2.24) is 20.0 Å². The van der Waals surface area contributed by atoms with Crippen LogP contribution in [0.1, 0.15) is 50.5 Å². The van der Waals surface area contributed by atoms with Gasteiger partial charge in [-0.1, -0.05) is 5.16 Å². The Kier molecular flexibility index (Phi) is 8.55. The fraction of sp³-hybridized carbons (Fsp3) is 0.500. The first kappa shape index (κ1) is 27.9. The molecule has 4 heterocycles. The number of piperidine rings is 2. The van der Waals surface area contributed by atoms with Gasteiger partial charge in [-0.25, -0.2) is 18.6 Å². The third-order valence-electron chi connectivity index (χ3n) is 7.29. The van der Waals surface area contributed by atoms with Gasteiger partial charge in [0, 0.05) is 49.9 Å². The summed E-state index contributed by atoms with van der Waals surface area (Å²) in [5.41, 5.74) is 7.39. The van der Waals surface area contributed by atoms with E-state index in [1.54, 1.807) is 11.1 Å². The number of carbonyl (C=O) groups excluding carboxylic acids is 1. The summed E-state index contributed by atoms with van der Waals surface area (Å²) in [6, 6.07) is 6.85. The van der Waals surface area contributed by atoms with Crippen LogP contribution in [0.2, 0.25) is 0 Å². The number of ether oxygens (including phenoxy) is 2. The van der Waals surface area contributed by atoms with Crippen molar-refractivity contribution in [3.63, 3.8) is 0 Å². The molecule has 0 bridgehead atoms. The van der Waals surface area contributed by atoms with E-state index in [2.05, 4.69) is 15.1 Å². The fourth-order valence-electron chi connectivity index (χ4n) is 5.18. The highest BCUT2D eigenvalue weighted by Gasteiger charge is 2.31. The Morgan fingerprint density at radius 1 is 1.15 bits per heavy atom. The number of amides is 1. The van der Waals surface area contributed by atoms with Crippen LogP contribution in [0.5, 0.6) is 0 Å². The Morgan fingerprint density at radius 2 is 1.95 bits per heavy atom. The highest BCUT2D eigenvalue weighted by Crippen LogP contribution is 2.32. The SMILES string of the molecule is CC(C)OC(=O)N1CCC(OCc2nc(-c3ccc(N4CCC(c5cc(F)ccc5F)C(N)C4)nc3)no2)CC1. The molecule has 2 fully saturated rings. The standard InChI is InChI=1S/C28H34F2N6O4/c1-17(2)39-28(37)35-10-7-20(8-11-35)38-16-26-33-27(34-40-26)18-3-6-25(32-14-18)36-12-9-21(24(31)15-36)22-13-19(29)4-5-23(22)30/h3-6,13-14,17,20-21,24H,7-12,15-16,31H2,1-2H3. The van der Waals surface area contributed by atoms with Crippen molar-refractivity contribution >= 4 is 11.9 Å². The molecule has 0 saturated carbocycles. The summed E-state index contributed by atoms with van der Waals surface area (Å²) in [6.45, 7) is 6.07. The van der Waals surface area contributed by atoms with Gasteiger partial charge < -0.3 is 29.5 Å². The summed E-state index contributed by atoms with van der Waals surface area (Å²) < 4.78 is 44.5. The molecule has 12 heteroatoms. The quantitative estimate of drug-likeness (QED) is 0.455. The molecule has 2 aliphatic rings. The number of benzene rings is 1. The molecule has 40 heavy (non-hydrogen) atoms. The predicted molar refractivity (Wildman–Crippen MR) is 142 cm³/mol. The van der Waals surface area contributed by atoms with Gasteiger partial charge >= 0.3 is 6.09 Å². The lowest BCUT2D eigenvalue weighted by Crippen LogP contribution is -2.48. The Balaban J connectivity index is 1.11. The fourth-order valence-corrected chi connectivity index (χ4v) is 5.18. The van der Waals surface area contributed by atoms with Crippen molar-refractivity contribution in [2.75, 3.05) is 31.1 Å². The van der Waals surface area contributed by atoms with E-state index in [1.165, 1.54) is 6.07 Å². The molecule has 214 valence electrons. The minimum Gasteiger partial charge on any atom is -0.447 e. The summed E-state index contributed by atoms with van der Waals surface area (Å²) in [7, 11) is 0. The summed E-state index contributed by atoms with van der Waals surface area (Å²) in [5.74, 6) is 0.328. The summed E-state index contributed by atoms with van der Waals surface area (Å²) in [4.78, 5) is 24.7. The van der Waals surface area contributed by atoms with Gasteiger partial charge in [-0.15, -0.1) is 0 Å². The van der Waals surface area contributed by atoms with Crippen molar-refractivity contribution < 1.29 is 27.6 Å². The van der Waals surface area contributed by atoms with E-state index in [0.717, 1.165) is 18.0 Å².